The minimum absolute atomic E-state index is 0.221. The highest BCUT2D eigenvalue weighted by Crippen LogP contribution is 2.31. The first-order valence-electron chi connectivity index (χ1n) is 10.2. The van der Waals surface area contributed by atoms with Gasteiger partial charge in [-0.05, 0) is 11.1 Å². The zero-order valence-corrected chi connectivity index (χ0v) is 17.8. The summed E-state index contributed by atoms with van der Waals surface area (Å²) in [6.45, 7) is -0.526. The molecule has 1 aliphatic heterocycles. The number of hydrogen-bond donors (Lipinski definition) is 1. The minimum Gasteiger partial charge on any atom is -0.457 e. The van der Waals surface area contributed by atoms with Crippen LogP contribution in [0.15, 0.2) is 60.7 Å². The predicted octanol–water partition coefficient (Wildman–Crippen LogP) is 3.13. The minimum atomic E-state index is -0.980. The maximum Gasteiger partial charge on any atom is 0.303 e. The molecule has 162 valence electrons. The second-order valence-electron chi connectivity index (χ2n) is 6.79. The summed E-state index contributed by atoms with van der Waals surface area (Å²) >= 11 is 2.96. The lowest BCUT2D eigenvalue weighted by Crippen LogP contribution is -2.61. The molecule has 0 amide bonds. The third-order valence-corrected chi connectivity index (χ3v) is 5.07. The van der Waals surface area contributed by atoms with Gasteiger partial charge in [-0.25, -0.2) is 0 Å². The van der Waals surface area contributed by atoms with Crippen molar-refractivity contribution in [2.45, 2.75) is 50.8 Å². The summed E-state index contributed by atoms with van der Waals surface area (Å²) in [7, 11) is 0. The summed E-state index contributed by atoms with van der Waals surface area (Å²) in [5, 5.41) is 9.83. The summed E-state index contributed by atoms with van der Waals surface area (Å²) in [6, 6.07) is 19.1. The SMILES string of the molecule is [2H]CC(=O)O[C@H]1[C@H](OCc2ccccc2)[C@@H](OCc2ccccc2)C(OBr)O[C@@H]1CO. The summed E-state index contributed by atoms with van der Waals surface area (Å²) in [5.74, 6) is -0.750. The largest absolute Gasteiger partial charge is 0.457 e. The number of carbonyl (C=O) groups is 1. The van der Waals surface area contributed by atoms with E-state index in [9.17, 15) is 9.90 Å². The Labute approximate surface area is 185 Å². The van der Waals surface area contributed by atoms with Crippen LogP contribution < -0.4 is 0 Å². The van der Waals surface area contributed by atoms with Gasteiger partial charge in [0.05, 0.1) is 19.8 Å². The molecule has 7 nitrogen and oxygen atoms in total. The van der Waals surface area contributed by atoms with Crippen molar-refractivity contribution >= 4 is 22.2 Å². The maximum atomic E-state index is 11.9. The molecule has 1 N–H and O–H groups in total. The fraction of sp³-hybridized carbons (Fsp3) is 0.409. The van der Waals surface area contributed by atoms with Gasteiger partial charge in [0.1, 0.15) is 34.6 Å². The van der Waals surface area contributed by atoms with Gasteiger partial charge in [-0.15, -0.1) is 0 Å². The molecule has 5 atom stereocenters. The summed E-state index contributed by atoms with van der Waals surface area (Å²) in [4.78, 5) is 11.9. The monoisotopic (exact) mass is 481 g/mol. The van der Waals surface area contributed by atoms with Crippen LogP contribution in [0.5, 0.6) is 0 Å². The Morgan fingerprint density at radius 3 is 2.07 bits per heavy atom. The van der Waals surface area contributed by atoms with Crippen molar-refractivity contribution in [1.82, 2.24) is 0 Å². The van der Waals surface area contributed by atoms with E-state index in [0.29, 0.717) is 0 Å². The summed E-state index contributed by atoms with van der Waals surface area (Å²) in [5.41, 5.74) is 1.85. The number of ether oxygens (including phenoxy) is 4. The number of aliphatic hydroxyl groups excluding tert-OH is 1. The fourth-order valence-corrected chi connectivity index (χ4v) is 3.59. The lowest BCUT2D eigenvalue weighted by Gasteiger charge is -2.44. The highest BCUT2D eigenvalue weighted by atomic mass is 79.9. The van der Waals surface area contributed by atoms with E-state index >= 15 is 0 Å². The van der Waals surface area contributed by atoms with Crippen LogP contribution in [0.2, 0.25) is 0 Å². The molecule has 0 aliphatic carbocycles. The molecule has 2 aromatic carbocycles. The summed E-state index contributed by atoms with van der Waals surface area (Å²) in [6.07, 6.45) is -4.41. The van der Waals surface area contributed by atoms with Gasteiger partial charge in [-0.3, -0.25) is 8.62 Å². The Bertz CT molecular complexity index is 795. The average molecular weight is 482 g/mol. The van der Waals surface area contributed by atoms with Crippen molar-refractivity contribution < 1.29 is 34.0 Å². The molecule has 1 fully saturated rings. The summed E-state index contributed by atoms with van der Waals surface area (Å²) < 4.78 is 36.0. The number of carbonyl (C=O) groups excluding carboxylic acids is 1. The van der Waals surface area contributed by atoms with Crippen LogP contribution in [-0.2, 0) is 40.8 Å². The van der Waals surface area contributed by atoms with Crippen molar-refractivity contribution in [2.75, 3.05) is 6.61 Å². The van der Waals surface area contributed by atoms with Crippen LogP contribution in [0, 0.1) is 0 Å². The van der Waals surface area contributed by atoms with Crippen molar-refractivity contribution in [1.29, 1.82) is 0 Å². The Morgan fingerprint density at radius 2 is 1.57 bits per heavy atom. The molecule has 1 unspecified atom stereocenters. The Balaban J connectivity index is 1.84. The number of esters is 1. The first kappa shape index (κ1) is 21.4. The quantitative estimate of drug-likeness (QED) is 0.550. The van der Waals surface area contributed by atoms with Gasteiger partial charge < -0.3 is 24.1 Å². The second kappa shape index (κ2) is 11.5. The number of benzene rings is 2. The maximum absolute atomic E-state index is 11.9. The van der Waals surface area contributed by atoms with Gasteiger partial charge in [0, 0.05) is 8.27 Å². The zero-order chi connectivity index (χ0) is 22.1. The van der Waals surface area contributed by atoms with Crippen LogP contribution in [0.3, 0.4) is 0 Å². The number of aliphatic hydroxyl groups is 1. The van der Waals surface area contributed by atoms with Gasteiger partial charge >= 0.3 is 5.97 Å². The van der Waals surface area contributed by atoms with E-state index in [1.54, 1.807) is 0 Å². The van der Waals surface area contributed by atoms with Crippen LogP contribution in [0.4, 0.5) is 0 Å². The molecule has 3 rings (SSSR count). The van der Waals surface area contributed by atoms with E-state index < -0.39 is 50.2 Å². The van der Waals surface area contributed by atoms with E-state index in [4.69, 9.17) is 24.1 Å². The van der Waals surface area contributed by atoms with Gasteiger partial charge in [0.15, 0.2) is 12.4 Å². The van der Waals surface area contributed by atoms with Crippen LogP contribution in [0.1, 0.15) is 19.4 Å². The second-order valence-corrected chi connectivity index (χ2v) is 7.17. The van der Waals surface area contributed by atoms with Crippen LogP contribution >= 0.6 is 16.3 Å². The number of hydrogen-bond acceptors (Lipinski definition) is 7. The third-order valence-electron chi connectivity index (χ3n) is 4.70. The molecule has 1 saturated heterocycles. The molecule has 0 saturated carbocycles. The average Bonchev–Trinajstić information content (AvgIpc) is 2.83. The van der Waals surface area contributed by atoms with Gasteiger partial charge in [0.25, 0.3) is 0 Å². The van der Waals surface area contributed by atoms with Crippen molar-refractivity contribution in [3.8, 4) is 0 Å². The topological polar surface area (TPSA) is 83.5 Å². The smallest absolute Gasteiger partial charge is 0.303 e. The van der Waals surface area contributed by atoms with E-state index in [2.05, 4.69) is 16.3 Å². The molecule has 8 heteroatoms. The van der Waals surface area contributed by atoms with E-state index in [1.807, 2.05) is 60.7 Å². The van der Waals surface area contributed by atoms with Gasteiger partial charge in [0.2, 0.25) is 0 Å². The van der Waals surface area contributed by atoms with Gasteiger partial charge in [-0.1, -0.05) is 60.7 Å². The van der Waals surface area contributed by atoms with E-state index in [-0.39, 0.29) is 13.2 Å². The van der Waals surface area contributed by atoms with Crippen molar-refractivity contribution in [2.24, 2.45) is 0 Å². The van der Waals surface area contributed by atoms with Crippen LogP contribution in [-0.4, -0.2) is 48.4 Å². The highest BCUT2D eigenvalue weighted by molar-refractivity contribution is 9.06. The lowest BCUT2D eigenvalue weighted by atomic mass is 9.98. The molecule has 0 aromatic heterocycles. The van der Waals surface area contributed by atoms with E-state index in [1.165, 1.54) is 0 Å². The Kier molecular flexibility index (Phi) is 8.25. The molecule has 2 aromatic rings. The fourth-order valence-electron chi connectivity index (χ4n) is 3.29. The molecule has 0 radical (unpaired) electrons. The standard InChI is InChI=1S/C22H25BrO7/c1-15(25)28-19-18(12-24)29-22(30-23)21(27-14-17-10-6-3-7-11-17)20(19)26-13-16-8-4-2-5-9-16/h2-11,18-22,24H,12-14H2,1H3/t18-,19-,20+,21-,22?/m1/s1/i1D. The van der Waals surface area contributed by atoms with E-state index in [0.717, 1.165) is 11.1 Å². The normalized spacial score (nSPS) is 26.7. The van der Waals surface area contributed by atoms with Crippen LogP contribution in [0.25, 0.3) is 0 Å². The van der Waals surface area contributed by atoms with Gasteiger partial charge in [-0.2, -0.15) is 0 Å². The molecule has 1 heterocycles. The lowest BCUT2D eigenvalue weighted by molar-refractivity contribution is -0.297. The Hall–Kier alpha value is -1.81. The number of rotatable bonds is 9. The molecule has 30 heavy (non-hydrogen) atoms. The van der Waals surface area contributed by atoms with Crippen molar-refractivity contribution in [3.05, 3.63) is 71.8 Å². The highest BCUT2D eigenvalue weighted by Gasteiger charge is 2.49. The number of halogens is 1. The van der Waals surface area contributed by atoms with Crippen molar-refractivity contribution in [3.63, 3.8) is 0 Å². The first-order valence-corrected chi connectivity index (χ1v) is 10.1. The molecular weight excluding hydrogens is 456 g/mol. The third kappa shape index (κ3) is 6.10. The molecular formula is C22H25BrO7. The molecule has 0 bridgehead atoms. The zero-order valence-electron chi connectivity index (χ0n) is 17.3. The predicted molar refractivity (Wildman–Crippen MR) is 111 cm³/mol. The molecule has 0 spiro atoms. The Morgan fingerprint density at radius 1 is 1.00 bits per heavy atom. The first-order chi connectivity index (χ1) is 15.2. The molecule has 1 aliphatic rings.